The SMILES string of the molecule is O=C1[C@H]2C=C[C@@]3(C(OCc4ccccc4)CCC[C@@H]3C2)C12CO2. The van der Waals surface area contributed by atoms with Gasteiger partial charge in [-0.25, -0.2) is 0 Å². The van der Waals surface area contributed by atoms with Crippen LogP contribution in [0.2, 0.25) is 0 Å². The molecule has 0 N–H and O–H groups in total. The molecule has 4 aliphatic carbocycles. The number of hydrogen-bond acceptors (Lipinski definition) is 3. The van der Waals surface area contributed by atoms with Gasteiger partial charge in [0.2, 0.25) is 0 Å². The van der Waals surface area contributed by atoms with Crippen LogP contribution in [0, 0.1) is 17.3 Å². The fourth-order valence-corrected chi connectivity index (χ4v) is 5.40. The maximum absolute atomic E-state index is 12.8. The summed E-state index contributed by atoms with van der Waals surface area (Å²) in [4.78, 5) is 12.8. The highest BCUT2D eigenvalue weighted by atomic mass is 16.6. The van der Waals surface area contributed by atoms with Gasteiger partial charge < -0.3 is 9.47 Å². The number of carbonyl (C=O) groups is 1. The van der Waals surface area contributed by atoms with Gasteiger partial charge in [-0.1, -0.05) is 48.9 Å². The zero-order valence-electron chi connectivity index (χ0n) is 13.2. The van der Waals surface area contributed by atoms with Crippen LogP contribution in [0.3, 0.4) is 0 Å². The fourth-order valence-electron chi connectivity index (χ4n) is 5.40. The largest absolute Gasteiger partial charge is 0.372 e. The Morgan fingerprint density at radius 1 is 1.22 bits per heavy atom. The van der Waals surface area contributed by atoms with E-state index in [2.05, 4.69) is 24.3 Å². The minimum absolute atomic E-state index is 0.0808. The van der Waals surface area contributed by atoms with Gasteiger partial charge in [0.05, 0.1) is 24.7 Å². The van der Waals surface area contributed by atoms with E-state index in [1.165, 1.54) is 18.4 Å². The second kappa shape index (κ2) is 4.78. The molecule has 3 fully saturated rings. The molecule has 5 atom stereocenters. The lowest BCUT2D eigenvalue weighted by molar-refractivity contribution is -0.165. The summed E-state index contributed by atoms with van der Waals surface area (Å²) in [7, 11) is 0. The highest BCUT2D eigenvalue weighted by Crippen LogP contribution is 2.66. The lowest BCUT2D eigenvalue weighted by atomic mass is 9.47. The molecule has 2 bridgehead atoms. The van der Waals surface area contributed by atoms with Gasteiger partial charge in [0.15, 0.2) is 11.4 Å². The quantitative estimate of drug-likeness (QED) is 0.635. The van der Waals surface area contributed by atoms with Crippen LogP contribution in [-0.4, -0.2) is 24.1 Å². The van der Waals surface area contributed by atoms with Crippen LogP contribution >= 0.6 is 0 Å². The van der Waals surface area contributed by atoms with E-state index in [1.807, 2.05) is 18.2 Å². The van der Waals surface area contributed by atoms with Crippen molar-refractivity contribution in [2.75, 3.05) is 6.61 Å². The van der Waals surface area contributed by atoms with Gasteiger partial charge in [0.25, 0.3) is 0 Å². The van der Waals surface area contributed by atoms with Crippen LogP contribution in [-0.2, 0) is 20.9 Å². The van der Waals surface area contributed by atoms with Crippen molar-refractivity contribution in [2.45, 2.75) is 44.0 Å². The zero-order chi connectivity index (χ0) is 15.5. The summed E-state index contributed by atoms with van der Waals surface area (Å²) in [5.74, 6) is 0.927. The highest BCUT2D eigenvalue weighted by Gasteiger charge is 2.75. The van der Waals surface area contributed by atoms with Gasteiger partial charge in [0, 0.05) is 5.92 Å². The van der Waals surface area contributed by atoms with Gasteiger partial charge in [-0.05, 0) is 30.7 Å². The smallest absolute Gasteiger partial charge is 0.174 e. The van der Waals surface area contributed by atoms with E-state index in [-0.39, 0.29) is 17.4 Å². The van der Waals surface area contributed by atoms with Crippen molar-refractivity contribution in [1.82, 2.24) is 0 Å². The third-order valence-corrected chi connectivity index (χ3v) is 6.53. The lowest BCUT2D eigenvalue weighted by Crippen LogP contribution is -2.64. The number of epoxide rings is 1. The summed E-state index contributed by atoms with van der Waals surface area (Å²) in [6.07, 6.45) is 8.93. The minimum Gasteiger partial charge on any atom is -0.372 e. The lowest BCUT2D eigenvalue weighted by Gasteiger charge is -2.57. The van der Waals surface area contributed by atoms with Crippen molar-refractivity contribution in [3.05, 3.63) is 48.0 Å². The van der Waals surface area contributed by atoms with Crippen molar-refractivity contribution in [3.8, 4) is 0 Å². The predicted octanol–water partition coefficient (Wildman–Crippen LogP) is 3.29. The molecule has 23 heavy (non-hydrogen) atoms. The zero-order valence-corrected chi connectivity index (χ0v) is 13.2. The van der Waals surface area contributed by atoms with Gasteiger partial charge in [-0.15, -0.1) is 0 Å². The van der Waals surface area contributed by atoms with Crippen LogP contribution in [0.15, 0.2) is 42.5 Å². The summed E-state index contributed by atoms with van der Waals surface area (Å²) >= 11 is 0. The Balaban J connectivity index is 1.48. The molecule has 1 aromatic rings. The molecule has 1 saturated heterocycles. The summed E-state index contributed by atoms with van der Waals surface area (Å²) in [6.45, 7) is 1.20. The first kappa shape index (κ1) is 13.9. The summed E-state index contributed by atoms with van der Waals surface area (Å²) in [5, 5.41) is 0. The second-order valence-electron chi connectivity index (χ2n) is 7.53. The van der Waals surface area contributed by atoms with Gasteiger partial charge in [-0.3, -0.25) is 4.79 Å². The Morgan fingerprint density at radius 3 is 2.83 bits per heavy atom. The van der Waals surface area contributed by atoms with Gasteiger partial charge in [-0.2, -0.15) is 0 Å². The van der Waals surface area contributed by atoms with Gasteiger partial charge in [0.1, 0.15) is 0 Å². The molecule has 2 saturated carbocycles. The molecule has 0 radical (unpaired) electrons. The van der Waals surface area contributed by atoms with E-state index >= 15 is 0 Å². The van der Waals surface area contributed by atoms with Crippen molar-refractivity contribution in [2.24, 2.45) is 17.3 Å². The minimum atomic E-state index is -0.558. The number of Topliss-reactive ketones (excluding diaryl/α,β-unsaturated/α-hetero) is 1. The number of rotatable bonds is 3. The van der Waals surface area contributed by atoms with Crippen LogP contribution in [0.1, 0.15) is 31.2 Å². The van der Waals surface area contributed by atoms with E-state index in [4.69, 9.17) is 9.47 Å². The third-order valence-electron chi connectivity index (χ3n) is 6.53. The standard InChI is InChI=1S/C20H22O3/c21-18-15-9-10-19(20(18)13-23-20)16(11-15)7-4-8-17(19)22-12-14-5-2-1-3-6-14/h1-3,5-6,9-10,15-17H,4,7-8,11-13H2/t15-,16+,17?,19+,20?/m0/s1. The Morgan fingerprint density at radius 2 is 2.04 bits per heavy atom. The molecular weight excluding hydrogens is 288 g/mol. The molecule has 0 amide bonds. The highest BCUT2D eigenvalue weighted by molar-refractivity contribution is 5.97. The first-order valence-electron chi connectivity index (χ1n) is 8.79. The monoisotopic (exact) mass is 310 g/mol. The number of ether oxygens (including phenoxy) is 2. The molecule has 2 unspecified atom stereocenters. The maximum Gasteiger partial charge on any atom is 0.174 e. The first-order valence-corrected chi connectivity index (χ1v) is 8.79. The molecule has 120 valence electrons. The summed E-state index contributed by atoms with van der Waals surface area (Å²) in [5.41, 5.74) is 0.416. The van der Waals surface area contributed by atoms with Crippen LogP contribution in [0.5, 0.6) is 0 Å². The van der Waals surface area contributed by atoms with E-state index in [9.17, 15) is 4.79 Å². The van der Waals surface area contributed by atoms with Crippen molar-refractivity contribution >= 4 is 5.78 Å². The molecule has 5 aliphatic rings. The molecular formula is C20H22O3. The fraction of sp³-hybridized carbons (Fsp3) is 0.550. The van der Waals surface area contributed by atoms with Crippen LogP contribution in [0.25, 0.3) is 0 Å². The van der Waals surface area contributed by atoms with Crippen LogP contribution < -0.4 is 0 Å². The van der Waals surface area contributed by atoms with Crippen molar-refractivity contribution < 1.29 is 14.3 Å². The summed E-state index contributed by atoms with van der Waals surface area (Å²) < 4.78 is 12.2. The second-order valence-corrected chi connectivity index (χ2v) is 7.53. The molecule has 0 aromatic heterocycles. The van der Waals surface area contributed by atoms with Crippen molar-refractivity contribution in [1.29, 1.82) is 0 Å². The van der Waals surface area contributed by atoms with E-state index in [1.54, 1.807) is 0 Å². The first-order chi connectivity index (χ1) is 11.3. The Kier molecular flexibility index (Phi) is 2.90. The predicted molar refractivity (Wildman–Crippen MR) is 85.7 cm³/mol. The number of allylic oxidation sites excluding steroid dienone is 1. The van der Waals surface area contributed by atoms with Gasteiger partial charge >= 0.3 is 0 Å². The molecule has 1 aliphatic heterocycles. The molecule has 2 spiro atoms. The molecule has 6 rings (SSSR count). The molecule has 3 nitrogen and oxygen atoms in total. The average molecular weight is 310 g/mol. The maximum atomic E-state index is 12.8. The summed E-state index contributed by atoms with van der Waals surface area (Å²) in [6, 6.07) is 10.3. The molecule has 3 heteroatoms. The number of benzene rings is 1. The number of hydrogen-bond donors (Lipinski definition) is 0. The Labute approximate surface area is 136 Å². The number of carbonyl (C=O) groups excluding carboxylic acids is 1. The average Bonchev–Trinajstić information content (AvgIpc) is 3.40. The Hall–Kier alpha value is -1.45. The Bertz CT molecular complexity index is 661. The molecule has 1 heterocycles. The normalized spacial score (nSPS) is 43.7. The van der Waals surface area contributed by atoms with Crippen molar-refractivity contribution in [3.63, 3.8) is 0 Å². The van der Waals surface area contributed by atoms with Crippen LogP contribution in [0.4, 0.5) is 0 Å². The topological polar surface area (TPSA) is 38.8 Å². The van der Waals surface area contributed by atoms with E-state index in [0.717, 1.165) is 12.8 Å². The molecule has 1 aromatic carbocycles. The van der Waals surface area contributed by atoms with E-state index in [0.29, 0.717) is 24.9 Å². The number of ketones is 1. The van der Waals surface area contributed by atoms with E-state index < -0.39 is 5.60 Å². The third kappa shape index (κ3) is 1.75.